The highest BCUT2D eigenvalue weighted by Crippen LogP contribution is 2.22. The molecule has 0 aliphatic rings. The van der Waals surface area contributed by atoms with Crippen LogP contribution in [-0.4, -0.2) is 32.6 Å². The first-order valence-corrected chi connectivity index (χ1v) is 7.70. The fourth-order valence-corrected chi connectivity index (χ4v) is 2.35. The summed E-state index contributed by atoms with van der Waals surface area (Å²) in [5.41, 5.74) is 2.67. The number of pyridine rings is 1. The van der Waals surface area contributed by atoms with Crippen molar-refractivity contribution in [3.8, 4) is 0 Å². The molecule has 22 heavy (non-hydrogen) atoms. The number of aromatic nitrogens is 3. The molecule has 2 aromatic rings. The van der Waals surface area contributed by atoms with Gasteiger partial charge in [-0.05, 0) is 43.5 Å². The average Bonchev–Trinajstić information content (AvgIpc) is 2.98. The molecule has 0 aliphatic carbocycles. The fourth-order valence-electron chi connectivity index (χ4n) is 2.35. The van der Waals surface area contributed by atoms with Gasteiger partial charge < -0.3 is 4.90 Å². The van der Waals surface area contributed by atoms with E-state index in [0.29, 0.717) is 18.2 Å². The highest BCUT2D eigenvalue weighted by atomic mass is 16.2. The van der Waals surface area contributed by atoms with E-state index < -0.39 is 0 Å². The molecule has 0 fully saturated rings. The molecule has 0 radical (unpaired) electrons. The Morgan fingerprint density at radius 3 is 2.45 bits per heavy atom. The summed E-state index contributed by atoms with van der Waals surface area (Å²) in [4.78, 5) is 18.6. The van der Waals surface area contributed by atoms with E-state index in [4.69, 9.17) is 0 Å². The van der Waals surface area contributed by atoms with Crippen molar-refractivity contribution in [2.24, 2.45) is 0 Å². The quantitative estimate of drug-likeness (QED) is 0.851. The third kappa shape index (κ3) is 3.18. The molecule has 5 heteroatoms. The zero-order valence-electron chi connectivity index (χ0n) is 13.9. The average molecular weight is 300 g/mol. The lowest BCUT2D eigenvalue weighted by Crippen LogP contribution is -2.31. The molecule has 1 atom stereocenters. The summed E-state index contributed by atoms with van der Waals surface area (Å²) in [5, 5.41) is 4.52. The molecule has 2 aromatic heterocycles. The van der Waals surface area contributed by atoms with Crippen LogP contribution in [0.2, 0.25) is 0 Å². The van der Waals surface area contributed by atoms with Gasteiger partial charge in [-0.3, -0.25) is 14.5 Å². The molecule has 0 aliphatic heterocycles. The third-order valence-electron chi connectivity index (χ3n) is 4.00. The van der Waals surface area contributed by atoms with E-state index in [1.807, 2.05) is 39.1 Å². The highest BCUT2D eigenvalue weighted by Gasteiger charge is 2.23. The van der Waals surface area contributed by atoms with E-state index in [1.54, 1.807) is 22.0 Å². The second-order valence-electron chi connectivity index (χ2n) is 5.80. The Morgan fingerprint density at radius 1 is 1.27 bits per heavy atom. The number of hydrogen-bond acceptors (Lipinski definition) is 3. The second kappa shape index (κ2) is 6.73. The topological polar surface area (TPSA) is 51.0 Å². The van der Waals surface area contributed by atoms with Crippen LogP contribution in [0.15, 0.2) is 30.6 Å². The summed E-state index contributed by atoms with van der Waals surface area (Å²) in [6, 6.07) is 5.76. The van der Waals surface area contributed by atoms with Gasteiger partial charge >= 0.3 is 0 Å². The van der Waals surface area contributed by atoms with Crippen LogP contribution in [0.5, 0.6) is 0 Å². The molecule has 1 amide bonds. The van der Waals surface area contributed by atoms with E-state index in [1.165, 1.54) is 0 Å². The Kier molecular flexibility index (Phi) is 4.96. The van der Waals surface area contributed by atoms with Gasteiger partial charge in [0, 0.05) is 26.0 Å². The molecular weight excluding hydrogens is 276 g/mol. The second-order valence-corrected chi connectivity index (χ2v) is 5.80. The SMILES string of the molecule is CCn1nc(C(C)C)cc1C(=O)N(C)[C@H](C)c1ccncc1. The Labute approximate surface area is 132 Å². The number of hydrogen-bond donors (Lipinski definition) is 0. The zero-order valence-corrected chi connectivity index (χ0v) is 13.9. The van der Waals surface area contributed by atoms with Crippen molar-refractivity contribution in [3.05, 3.63) is 47.5 Å². The van der Waals surface area contributed by atoms with Gasteiger partial charge in [0.15, 0.2) is 0 Å². The zero-order chi connectivity index (χ0) is 16.3. The Bertz CT molecular complexity index is 633. The van der Waals surface area contributed by atoms with Gasteiger partial charge in [-0.15, -0.1) is 0 Å². The van der Waals surface area contributed by atoms with Gasteiger partial charge in [-0.25, -0.2) is 0 Å². The number of carbonyl (C=O) groups excluding carboxylic acids is 1. The maximum absolute atomic E-state index is 12.8. The first-order chi connectivity index (χ1) is 10.5. The van der Waals surface area contributed by atoms with E-state index in [0.717, 1.165) is 11.3 Å². The summed E-state index contributed by atoms with van der Waals surface area (Å²) in [5.74, 6) is 0.299. The van der Waals surface area contributed by atoms with Gasteiger partial charge in [0.25, 0.3) is 5.91 Å². The van der Waals surface area contributed by atoms with Gasteiger partial charge in [0.1, 0.15) is 5.69 Å². The van der Waals surface area contributed by atoms with Crippen LogP contribution < -0.4 is 0 Å². The van der Waals surface area contributed by atoms with Crippen molar-refractivity contribution in [1.29, 1.82) is 0 Å². The molecule has 5 nitrogen and oxygen atoms in total. The summed E-state index contributed by atoms with van der Waals surface area (Å²) in [7, 11) is 1.83. The number of aryl methyl sites for hydroxylation is 1. The van der Waals surface area contributed by atoms with Gasteiger partial charge in [0.2, 0.25) is 0 Å². The Morgan fingerprint density at radius 2 is 1.91 bits per heavy atom. The minimum absolute atomic E-state index is 0.00874. The molecular formula is C17H24N4O. The highest BCUT2D eigenvalue weighted by molar-refractivity contribution is 5.92. The standard InChI is InChI=1S/C17H24N4O/c1-6-21-16(11-15(19-21)12(2)3)17(22)20(5)13(4)14-7-9-18-10-8-14/h7-13H,6H2,1-5H3/t13-/m1/s1. The van der Waals surface area contributed by atoms with Crippen molar-refractivity contribution in [2.45, 2.75) is 46.2 Å². The van der Waals surface area contributed by atoms with Crippen LogP contribution in [0.4, 0.5) is 0 Å². The molecule has 0 saturated heterocycles. The van der Waals surface area contributed by atoms with Crippen LogP contribution in [0, 0.1) is 0 Å². The van der Waals surface area contributed by atoms with Crippen molar-refractivity contribution < 1.29 is 4.79 Å². The fraction of sp³-hybridized carbons (Fsp3) is 0.471. The molecule has 0 bridgehead atoms. The maximum atomic E-state index is 12.8. The predicted molar refractivity (Wildman–Crippen MR) is 86.7 cm³/mol. The van der Waals surface area contributed by atoms with Crippen molar-refractivity contribution in [3.63, 3.8) is 0 Å². The number of carbonyl (C=O) groups is 1. The normalized spacial score (nSPS) is 12.5. The first kappa shape index (κ1) is 16.2. The van der Waals surface area contributed by atoms with Gasteiger partial charge in [-0.1, -0.05) is 13.8 Å². The summed E-state index contributed by atoms with van der Waals surface area (Å²) < 4.78 is 1.79. The third-order valence-corrected chi connectivity index (χ3v) is 4.00. The first-order valence-electron chi connectivity index (χ1n) is 7.70. The van der Waals surface area contributed by atoms with E-state index >= 15 is 0 Å². The number of amides is 1. The van der Waals surface area contributed by atoms with Gasteiger partial charge in [-0.2, -0.15) is 5.10 Å². The molecule has 118 valence electrons. The number of rotatable bonds is 5. The molecule has 0 spiro atoms. The molecule has 0 N–H and O–H groups in total. The van der Waals surface area contributed by atoms with Crippen molar-refractivity contribution in [2.75, 3.05) is 7.05 Å². The van der Waals surface area contributed by atoms with Gasteiger partial charge in [0.05, 0.1) is 11.7 Å². The van der Waals surface area contributed by atoms with Crippen LogP contribution >= 0.6 is 0 Å². The van der Waals surface area contributed by atoms with Crippen LogP contribution in [0.1, 0.15) is 61.4 Å². The van der Waals surface area contributed by atoms with E-state index in [-0.39, 0.29) is 11.9 Å². The summed E-state index contributed by atoms with van der Waals surface area (Å²) in [6.07, 6.45) is 3.49. The summed E-state index contributed by atoms with van der Waals surface area (Å²) in [6.45, 7) is 8.87. The van der Waals surface area contributed by atoms with Crippen molar-refractivity contribution >= 4 is 5.91 Å². The molecule has 2 heterocycles. The molecule has 2 rings (SSSR count). The minimum Gasteiger partial charge on any atom is -0.334 e. The van der Waals surface area contributed by atoms with E-state index in [2.05, 4.69) is 23.9 Å². The van der Waals surface area contributed by atoms with Crippen molar-refractivity contribution in [1.82, 2.24) is 19.7 Å². The predicted octanol–water partition coefficient (Wildman–Crippen LogP) is 3.25. The Balaban J connectivity index is 2.27. The largest absolute Gasteiger partial charge is 0.334 e. The Hall–Kier alpha value is -2.17. The van der Waals surface area contributed by atoms with Crippen LogP contribution in [0.3, 0.4) is 0 Å². The number of nitrogens with zero attached hydrogens (tertiary/aromatic N) is 4. The minimum atomic E-state index is -0.0155. The summed E-state index contributed by atoms with van der Waals surface area (Å²) >= 11 is 0. The molecule has 0 unspecified atom stereocenters. The lowest BCUT2D eigenvalue weighted by Gasteiger charge is -2.25. The molecule has 0 saturated carbocycles. The lowest BCUT2D eigenvalue weighted by molar-refractivity contribution is 0.0730. The van der Waals surface area contributed by atoms with E-state index in [9.17, 15) is 4.79 Å². The van der Waals surface area contributed by atoms with Crippen LogP contribution in [0.25, 0.3) is 0 Å². The maximum Gasteiger partial charge on any atom is 0.272 e. The monoisotopic (exact) mass is 300 g/mol. The smallest absolute Gasteiger partial charge is 0.272 e. The lowest BCUT2D eigenvalue weighted by atomic mass is 10.1. The van der Waals surface area contributed by atoms with Crippen LogP contribution in [-0.2, 0) is 6.54 Å². The molecule has 0 aromatic carbocycles.